The molecule has 178 valence electrons. The van der Waals surface area contributed by atoms with Gasteiger partial charge in [-0.3, -0.25) is 0 Å². The molecule has 31 heavy (non-hydrogen) atoms. The lowest BCUT2D eigenvalue weighted by Gasteiger charge is -2.36. The highest BCUT2D eigenvalue weighted by molar-refractivity contribution is 6.74. The summed E-state index contributed by atoms with van der Waals surface area (Å²) >= 11 is 0. The molecule has 2 saturated carbocycles. The largest absolute Gasteiger partial charge is 0.417 e. The first-order valence-electron chi connectivity index (χ1n) is 12.7. The van der Waals surface area contributed by atoms with Crippen molar-refractivity contribution in [2.24, 2.45) is 35.0 Å². The average molecular weight is 451 g/mol. The normalized spacial score (nSPS) is 38.5. The predicted octanol–water partition coefficient (Wildman–Crippen LogP) is 6.03. The molecule has 6 atom stereocenters. The summed E-state index contributed by atoms with van der Waals surface area (Å²) in [5.41, 5.74) is 0.459. The van der Waals surface area contributed by atoms with E-state index in [-0.39, 0.29) is 0 Å². The minimum atomic E-state index is -1.59. The quantitative estimate of drug-likeness (QED) is 0.244. The molecule has 0 amide bonds. The van der Waals surface area contributed by atoms with Gasteiger partial charge in [0, 0.05) is 19.8 Å². The summed E-state index contributed by atoms with van der Waals surface area (Å²) in [6.07, 6.45) is 9.81. The van der Waals surface area contributed by atoms with Gasteiger partial charge in [-0.1, -0.05) is 32.9 Å². The van der Waals surface area contributed by atoms with Crippen molar-refractivity contribution in [1.82, 2.24) is 0 Å². The van der Waals surface area contributed by atoms with E-state index < -0.39 is 14.1 Å². The maximum absolute atomic E-state index is 6.28. The molecule has 3 fully saturated rings. The van der Waals surface area contributed by atoms with E-state index in [1.165, 1.54) is 12.8 Å². The second-order valence-electron chi connectivity index (χ2n) is 12.5. The molecule has 1 saturated heterocycles. The molecule has 0 aromatic rings. The van der Waals surface area contributed by atoms with Crippen LogP contribution in [0.25, 0.3) is 0 Å². The first kappa shape index (κ1) is 23.9. The summed E-state index contributed by atoms with van der Waals surface area (Å²) in [7, 11) is -1.59. The highest BCUT2D eigenvalue weighted by Crippen LogP contribution is 2.75. The van der Waals surface area contributed by atoms with Crippen molar-refractivity contribution in [1.29, 1.82) is 0 Å². The van der Waals surface area contributed by atoms with Crippen molar-refractivity contribution < 1.29 is 18.6 Å². The molecule has 0 N–H and O–H groups in total. The minimum absolute atomic E-state index is 0.302. The van der Waals surface area contributed by atoms with Crippen molar-refractivity contribution in [2.75, 3.05) is 33.0 Å². The number of hydrogen-bond acceptors (Lipinski definition) is 4. The summed E-state index contributed by atoms with van der Waals surface area (Å²) in [5, 5.41) is 0.302. The van der Waals surface area contributed by atoms with Crippen LogP contribution in [0.5, 0.6) is 0 Å². The van der Waals surface area contributed by atoms with Gasteiger partial charge in [0.05, 0.1) is 13.2 Å². The Bertz CT molecular complexity index is 639. The molecular weight excluding hydrogens is 404 g/mol. The van der Waals surface area contributed by atoms with Crippen LogP contribution in [0.4, 0.5) is 0 Å². The van der Waals surface area contributed by atoms with E-state index in [0.29, 0.717) is 34.1 Å². The molecule has 1 aliphatic heterocycles. The van der Waals surface area contributed by atoms with E-state index in [4.69, 9.17) is 18.6 Å². The highest BCUT2D eigenvalue weighted by Gasteiger charge is 2.72. The second-order valence-corrected chi connectivity index (χ2v) is 17.4. The van der Waals surface area contributed by atoms with E-state index in [1.54, 1.807) is 0 Å². The van der Waals surface area contributed by atoms with Gasteiger partial charge in [0.25, 0.3) is 0 Å². The Morgan fingerprint density at radius 1 is 0.935 bits per heavy atom. The van der Waals surface area contributed by atoms with Crippen molar-refractivity contribution >= 4 is 8.32 Å². The third kappa shape index (κ3) is 4.59. The van der Waals surface area contributed by atoms with Gasteiger partial charge in [0.1, 0.15) is 0 Å². The van der Waals surface area contributed by atoms with Gasteiger partial charge in [-0.2, -0.15) is 0 Å². The lowest BCUT2D eigenvalue weighted by Crippen LogP contribution is -2.40. The topological polar surface area (TPSA) is 36.9 Å². The maximum Gasteiger partial charge on any atom is 0.191 e. The Morgan fingerprint density at radius 3 is 2.10 bits per heavy atom. The number of fused-ring (bicyclic) bond motifs is 3. The van der Waals surface area contributed by atoms with Crippen molar-refractivity contribution in [2.45, 2.75) is 84.2 Å². The molecule has 0 aromatic carbocycles. The zero-order valence-electron chi connectivity index (χ0n) is 21.0. The zero-order valence-corrected chi connectivity index (χ0v) is 22.0. The van der Waals surface area contributed by atoms with Gasteiger partial charge < -0.3 is 18.6 Å². The summed E-state index contributed by atoms with van der Waals surface area (Å²) in [5.74, 6) is 2.88. The Kier molecular flexibility index (Phi) is 6.59. The molecule has 0 radical (unpaired) electrons. The van der Waals surface area contributed by atoms with Gasteiger partial charge >= 0.3 is 0 Å². The van der Waals surface area contributed by atoms with Crippen LogP contribution in [-0.4, -0.2) is 47.1 Å². The van der Waals surface area contributed by atoms with Crippen LogP contribution in [-0.2, 0) is 18.6 Å². The SMILES string of the molecule is CC1(C)OC[C@@H]2[C@H](CO1)[C@@H]1C=C[C@H]2C12CC2COCCCCCO[Si](C)(C)C(C)(C)C. The number of ether oxygens (including phenoxy) is 3. The molecule has 4 rings (SSSR count). The van der Waals surface area contributed by atoms with Crippen molar-refractivity contribution in [3.05, 3.63) is 12.2 Å². The lowest BCUT2D eigenvalue weighted by molar-refractivity contribution is -0.205. The molecule has 4 nitrogen and oxygen atoms in total. The zero-order chi connectivity index (χ0) is 22.5. The van der Waals surface area contributed by atoms with E-state index in [0.717, 1.165) is 51.8 Å². The fraction of sp³-hybridized carbons (Fsp3) is 0.923. The first-order chi connectivity index (χ1) is 14.5. The van der Waals surface area contributed by atoms with Crippen LogP contribution >= 0.6 is 0 Å². The summed E-state index contributed by atoms with van der Waals surface area (Å²) in [4.78, 5) is 0. The molecule has 2 unspecified atom stereocenters. The Hall–Kier alpha value is -0.203. The average Bonchev–Trinajstić information content (AvgIpc) is 3.25. The summed E-state index contributed by atoms with van der Waals surface area (Å²) in [6, 6.07) is 0. The highest BCUT2D eigenvalue weighted by atomic mass is 28.4. The predicted molar refractivity (Wildman–Crippen MR) is 127 cm³/mol. The first-order valence-corrected chi connectivity index (χ1v) is 15.6. The Labute approximate surface area is 191 Å². The number of rotatable bonds is 9. The standard InChI is InChI=1S/C26H46O4Si/c1-24(2,3)31(6,7)30-14-10-8-9-13-27-16-19-15-26(19)22-11-12-23(26)21-18-29-25(4,5)28-17-20(21)22/h11-12,19-23H,8-10,13-18H2,1-7H3/t19?,20-,21+,22-,23+,26?. The fourth-order valence-corrected chi connectivity index (χ4v) is 7.26. The Balaban J connectivity index is 1.13. The van der Waals surface area contributed by atoms with Crippen LogP contribution in [0.2, 0.25) is 18.1 Å². The van der Waals surface area contributed by atoms with E-state index in [2.05, 4.69) is 46.0 Å². The van der Waals surface area contributed by atoms with Gasteiger partial charge in [-0.05, 0) is 92.7 Å². The van der Waals surface area contributed by atoms with Gasteiger partial charge in [-0.15, -0.1) is 0 Å². The molecule has 5 heteroatoms. The van der Waals surface area contributed by atoms with Gasteiger partial charge in [0.2, 0.25) is 0 Å². The molecule has 4 aliphatic rings. The molecule has 0 aromatic heterocycles. The molecule has 1 heterocycles. The third-order valence-electron chi connectivity index (χ3n) is 9.21. The van der Waals surface area contributed by atoms with Crippen LogP contribution in [0.3, 0.4) is 0 Å². The van der Waals surface area contributed by atoms with Gasteiger partial charge in [-0.25, -0.2) is 0 Å². The number of hydrogen-bond donors (Lipinski definition) is 0. The second kappa shape index (κ2) is 8.54. The van der Waals surface area contributed by atoms with E-state index in [9.17, 15) is 0 Å². The molecular formula is C26H46O4Si. The van der Waals surface area contributed by atoms with Crippen LogP contribution in [0.1, 0.15) is 60.3 Å². The van der Waals surface area contributed by atoms with E-state index in [1.807, 2.05) is 13.8 Å². The van der Waals surface area contributed by atoms with E-state index >= 15 is 0 Å². The van der Waals surface area contributed by atoms with Crippen LogP contribution in [0, 0.1) is 35.0 Å². The monoisotopic (exact) mass is 450 g/mol. The smallest absolute Gasteiger partial charge is 0.191 e. The molecule has 2 bridgehead atoms. The Morgan fingerprint density at radius 2 is 1.52 bits per heavy atom. The number of allylic oxidation sites excluding steroid dienone is 2. The van der Waals surface area contributed by atoms with Crippen molar-refractivity contribution in [3.63, 3.8) is 0 Å². The van der Waals surface area contributed by atoms with Crippen LogP contribution in [0.15, 0.2) is 12.2 Å². The van der Waals surface area contributed by atoms with Crippen LogP contribution < -0.4 is 0 Å². The summed E-state index contributed by atoms with van der Waals surface area (Å²) in [6.45, 7) is 20.1. The summed E-state index contributed by atoms with van der Waals surface area (Å²) < 4.78 is 24.6. The third-order valence-corrected chi connectivity index (χ3v) is 13.7. The minimum Gasteiger partial charge on any atom is -0.417 e. The number of unbranched alkanes of at least 4 members (excludes halogenated alkanes) is 2. The maximum atomic E-state index is 6.28. The van der Waals surface area contributed by atoms with Crippen molar-refractivity contribution in [3.8, 4) is 0 Å². The molecule has 1 spiro atoms. The lowest BCUT2D eigenvalue weighted by atomic mass is 9.84. The molecule has 3 aliphatic carbocycles. The van der Waals surface area contributed by atoms with Gasteiger partial charge in [0.15, 0.2) is 14.1 Å². The fourth-order valence-electron chi connectivity index (χ4n) is 6.18.